The maximum Gasteiger partial charge on any atom is 0.146 e. The van der Waals surface area contributed by atoms with Gasteiger partial charge >= 0.3 is 0 Å². The summed E-state index contributed by atoms with van der Waals surface area (Å²) in [6.07, 6.45) is 1.77. The lowest BCUT2D eigenvalue weighted by molar-refractivity contribution is 0.270. The first-order chi connectivity index (χ1) is 10.0. The van der Waals surface area contributed by atoms with Crippen molar-refractivity contribution in [3.63, 3.8) is 0 Å². The number of furan rings is 1. The van der Waals surface area contributed by atoms with Crippen molar-refractivity contribution in [3.8, 4) is 5.75 Å². The standard InChI is InChI=1S/C17H22ClNO2/c1-12(2)8-19-9-14-7-15(20-10-14)11-21-17-6-13(3)4-5-16(17)18/h4-7,10,12,19H,8-9,11H2,1-3H3. The molecule has 0 aliphatic carbocycles. The molecule has 0 aliphatic heterocycles. The van der Waals surface area contributed by atoms with Gasteiger partial charge in [-0.3, -0.25) is 0 Å². The Morgan fingerprint density at radius 1 is 1.29 bits per heavy atom. The molecule has 0 radical (unpaired) electrons. The minimum atomic E-state index is 0.382. The summed E-state index contributed by atoms with van der Waals surface area (Å²) in [6.45, 7) is 8.57. The number of nitrogens with one attached hydrogen (secondary N) is 1. The first-order valence-corrected chi connectivity index (χ1v) is 7.58. The highest BCUT2D eigenvalue weighted by Crippen LogP contribution is 2.26. The van der Waals surface area contributed by atoms with E-state index in [4.69, 9.17) is 20.8 Å². The Labute approximate surface area is 131 Å². The van der Waals surface area contributed by atoms with E-state index in [0.29, 0.717) is 23.3 Å². The van der Waals surface area contributed by atoms with Crippen LogP contribution in [-0.4, -0.2) is 6.54 Å². The van der Waals surface area contributed by atoms with Crippen molar-refractivity contribution in [2.24, 2.45) is 5.92 Å². The zero-order chi connectivity index (χ0) is 15.2. The molecule has 0 saturated heterocycles. The predicted octanol–water partition coefficient (Wildman–Crippen LogP) is 4.57. The molecule has 0 fully saturated rings. The molecule has 0 aliphatic rings. The van der Waals surface area contributed by atoms with E-state index >= 15 is 0 Å². The molecule has 2 aromatic rings. The molecule has 0 spiro atoms. The highest BCUT2D eigenvalue weighted by atomic mass is 35.5. The maximum absolute atomic E-state index is 6.10. The molecular weight excluding hydrogens is 286 g/mol. The Balaban J connectivity index is 1.86. The van der Waals surface area contributed by atoms with Crippen LogP contribution in [0.2, 0.25) is 5.02 Å². The second-order valence-electron chi connectivity index (χ2n) is 5.67. The van der Waals surface area contributed by atoms with Crippen LogP contribution >= 0.6 is 11.6 Å². The van der Waals surface area contributed by atoms with Crippen LogP contribution in [0, 0.1) is 12.8 Å². The van der Waals surface area contributed by atoms with Crippen molar-refractivity contribution >= 4 is 11.6 Å². The van der Waals surface area contributed by atoms with Gasteiger partial charge in [0.05, 0.1) is 11.3 Å². The highest BCUT2D eigenvalue weighted by molar-refractivity contribution is 6.32. The van der Waals surface area contributed by atoms with E-state index < -0.39 is 0 Å². The molecule has 0 amide bonds. The lowest BCUT2D eigenvalue weighted by Crippen LogP contribution is -2.18. The first-order valence-electron chi connectivity index (χ1n) is 7.20. The van der Waals surface area contributed by atoms with Crippen molar-refractivity contribution in [2.75, 3.05) is 6.54 Å². The summed E-state index contributed by atoms with van der Waals surface area (Å²) >= 11 is 6.10. The summed E-state index contributed by atoms with van der Waals surface area (Å²) in [6, 6.07) is 7.74. The van der Waals surface area contributed by atoms with Gasteiger partial charge < -0.3 is 14.5 Å². The minimum Gasteiger partial charge on any atom is -0.484 e. The van der Waals surface area contributed by atoms with Crippen LogP contribution in [0.25, 0.3) is 0 Å². The Bertz CT molecular complexity index is 578. The summed E-state index contributed by atoms with van der Waals surface area (Å²) in [5.41, 5.74) is 2.25. The zero-order valence-electron chi connectivity index (χ0n) is 12.8. The lowest BCUT2D eigenvalue weighted by Gasteiger charge is -2.07. The van der Waals surface area contributed by atoms with E-state index in [1.165, 1.54) is 0 Å². The van der Waals surface area contributed by atoms with Crippen molar-refractivity contribution in [1.82, 2.24) is 5.32 Å². The molecule has 0 atom stereocenters. The van der Waals surface area contributed by atoms with Gasteiger partial charge in [0.2, 0.25) is 0 Å². The molecule has 21 heavy (non-hydrogen) atoms. The fourth-order valence-electron chi connectivity index (χ4n) is 1.97. The van der Waals surface area contributed by atoms with Gasteiger partial charge in [0.1, 0.15) is 18.1 Å². The fraction of sp³-hybridized carbons (Fsp3) is 0.412. The second-order valence-corrected chi connectivity index (χ2v) is 6.08. The third kappa shape index (κ3) is 5.10. The van der Waals surface area contributed by atoms with Crippen molar-refractivity contribution in [2.45, 2.75) is 33.9 Å². The van der Waals surface area contributed by atoms with E-state index in [-0.39, 0.29) is 0 Å². The number of rotatable bonds is 7. The van der Waals surface area contributed by atoms with E-state index in [0.717, 1.165) is 30.0 Å². The molecule has 3 nitrogen and oxygen atoms in total. The molecule has 0 bridgehead atoms. The van der Waals surface area contributed by atoms with Crippen LogP contribution < -0.4 is 10.1 Å². The number of halogens is 1. The Hall–Kier alpha value is -1.45. The highest BCUT2D eigenvalue weighted by Gasteiger charge is 2.06. The fourth-order valence-corrected chi connectivity index (χ4v) is 2.14. The number of ether oxygens (including phenoxy) is 1. The maximum atomic E-state index is 6.10. The average molecular weight is 308 g/mol. The molecule has 1 heterocycles. The molecule has 4 heteroatoms. The van der Waals surface area contributed by atoms with Gasteiger partial charge in [-0.1, -0.05) is 31.5 Å². The van der Waals surface area contributed by atoms with Crippen LogP contribution in [0.4, 0.5) is 0 Å². The Kier molecular flexibility index (Phi) is 5.71. The topological polar surface area (TPSA) is 34.4 Å². The van der Waals surface area contributed by atoms with Crippen molar-refractivity contribution in [3.05, 3.63) is 52.4 Å². The predicted molar refractivity (Wildman–Crippen MR) is 85.8 cm³/mol. The lowest BCUT2D eigenvalue weighted by atomic mass is 10.2. The molecule has 114 valence electrons. The number of aryl methyl sites for hydroxylation is 1. The van der Waals surface area contributed by atoms with Gasteiger partial charge in [0, 0.05) is 12.1 Å². The van der Waals surface area contributed by atoms with Crippen LogP contribution in [0.1, 0.15) is 30.7 Å². The van der Waals surface area contributed by atoms with Crippen LogP contribution in [-0.2, 0) is 13.2 Å². The SMILES string of the molecule is Cc1ccc(Cl)c(OCc2cc(CNCC(C)C)co2)c1. The first kappa shape index (κ1) is 15.9. The third-order valence-corrected chi connectivity index (χ3v) is 3.36. The quantitative estimate of drug-likeness (QED) is 0.814. The largest absolute Gasteiger partial charge is 0.484 e. The average Bonchev–Trinajstić information content (AvgIpc) is 2.87. The number of benzene rings is 1. The van der Waals surface area contributed by atoms with Gasteiger partial charge in [-0.2, -0.15) is 0 Å². The molecule has 1 aromatic heterocycles. The molecule has 0 unspecified atom stereocenters. The Morgan fingerprint density at radius 2 is 2.10 bits per heavy atom. The molecule has 0 saturated carbocycles. The van der Waals surface area contributed by atoms with Gasteiger partial charge in [-0.25, -0.2) is 0 Å². The number of hydrogen-bond acceptors (Lipinski definition) is 3. The second kappa shape index (κ2) is 7.53. The van der Waals surface area contributed by atoms with E-state index in [1.54, 1.807) is 6.26 Å². The van der Waals surface area contributed by atoms with E-state index in [1.807, 2.05) is 31.2 Å². The van der Waals surface area contributed by atoms with Crippen molar-refractivity contribution < 1.29 is 9.15 Å². The summed E-state index contributed by atoms with van der Waals surface area (Å²) in [7, 11) is 0. The minimum absolute atomic E-state index is 0.382. The summed E-state index contributed by atoms with van der Waals surface area (Å²) in [5.74, 6) is 2.13. The van der Waals surface area contributed by atoms with Crippen LogP contribution in [0.5, 0.6) is 5.75 Å². The van der Waals surface area contributed by atoms with Crippen LogP contribution in [0.15, 0.2) is 34.9 Å². The third-order valence-electron chi connectivity index (χ3n) is 3.05. The van der Waals surface area contributed by atoms with E-state index in [2.05, 4.69) is 19.2 Å². The monoisotopic (exact) mass is 307 g/mol. The summed E-state index contributed by atoms with van der Waals surface area (Å²) in [5, 5.41) is 4.00. The molecule has 2 rings (SSSR count). The molecular formula is C17H22ClNO2. The van der Waals surface area contributed by atoms with Crippen LogP contribution in [0.3, 0.4) is 0 Å². The Morgan fingerprint density at radius 3 is 2.86 bits per heavy atom. The van der Waals surface area contributed by atoms with Gasteiger partial charge in [0.25, 0.3) is 0 Å². The summed E-state index contributed by atoms with van der Waals surface area (Å²) in [4.78, 5) is 0. The van der Waals surface area contributed by atoms with Gasteiger partial charge in [0.15, 0.2) is 0 Å². The normalized spacial score (nSPS) is 11.1. The molecule has 1 N–H and O–H groups in total. The molecule has 1 aromatic carbocycles. The van der Waals surface area contributed by atoms with E-state index in [9.17, 15) is 0 Å². The van der Waals surface area contributed by atoms with Crippen molar-refractivity contribution in [1.29, 1.82) is 0 Å². The van der Waals surface area contributed by atoms with Gasteiger partial charge in [-0.15, -0.1) is 0 Å². The number of hydrogen-bond donors (Lipinski definition) is 1. The smallest absolute Gasteiger partial charge is 0.146 e. The zero-order valence-corrected chi connectivity index (χ0v) is 13.5. The van der Waals surface area contributed by atoms with Gasteiger partial charge in [-0.05, 0) is 43.1 Å². The summed E-state index contributed by atoms with van der Waals surface area (Å²) < 4.78 is 11.2.